The zero-order valence-corrected chi connectivity index (χ0v) is 13.4. The molecule has 4 fully saturated rings. The summed E-state index contributed by atoms with van der Waals surface area (Å²) >= 11 is 5.80. The van der Waals surface area contributed by atoms with Crippen molar-refractivity contribution in [2.45, 2.75) is 75.3 Å². The summed E-state index contributed by atoms with van der Waals surface area (Å²) in [6.45, 7) is -2.07. The minimum atomic E-state index is -2.07. The fourth-order valence-corrected chi connectivity index (χ4v) is 8.69. The van der Waals surface area contributed by atoms with Gasteiger partial charge in [-0.05, 0) is 87.9 Å². The van der Waals surface area contributed by atoms with E-state index in [1.54, 1.807) is 0 Å². The Bertz CT molecular complexity index is 386. The third-order valence-corrected chi connectivity index (χ3v) is 8.45. The standard InChI is InChI=1S/C14H26N3PS/c15-18(19,16-13-5-1-11(9-13)2-6-13)17-14-7-3-12(10-14)4-8-14/h11-12H,1-10H2,(H4,15,16,17,19). The summed E-state index contributed by atoms with van der Waals surface area (Å²) in [5, 5.41) is 7.51. The van der Waals surface area contributed by atoms with Crippen LogP contribution in [-0.4, -0.2) is 11.1 Å². The molecule has 0 aromatic heterocycles. The van der Waals surface area contributed by atoms with Crippen molar-refractivity contribution in [1.82, 2.24) is 10.2 Å². The summed E-state index contributed by atoms with van der Waals surface area (Å²) in [5.74, 6) is 1.89. The van der Waals surface area contributed by atoms with Gasteiger partial charge in [0, 0.05) is 11.1 Å². The van der Waals surface area contributed by atoms with Crippen molar-refractivity contribution < 1.29 is 0 Å². The molecule has 19 heavy (non-hydrogen) atoms. The van der Waals surface area contributed by atoms with E-state index < -0.39 is 6.49 Å². The van der Waals surface area contributed by atoms with Crippen LogP contribution >= 0.6 is 6.49 Å². The molecule has 0 atom stereocenters. The van der Waals surface area contributed by atoms with Gasteiger partial charge in [0.25, 0.3) is 0 Å². The molecule has 0 aliphatic heterocycles. The van der Waals surface area contributed by atoms with Crippen LogP contribution in [0.3, 0.4) is 0 Å². The number of rotatable bonds is 4. The molecule has 4 aliphatic carbocycles. The SMILES string of the molecule is NP(=S)(NC12CCC(CC1)C2)NC12CCC(CC1)C2. The molecule has 108 valence electrons. The van der Waals surface area contributed by atoms with Gasteiger partial charge < -0.3 is 0 Å². The molecular formula is C14H26N3PS. The van der Waals surface area contributed by atoms with Crippen LogP contribution in [0.2, 0.25) is 0 Å². The smallest absolute Gasteiger partial charge is 0.135 e. The molecule has 3 nitrogen and oxygen atoms in total. The Morgan fingerprint density at radius 1 is 0.842 bits per heavy atom. The van der Waals surface area contributed by atoms with Crippen molar-refractivity contribution in [2.24, 2.45) is 17.3 Å². The van der Waals surface area contributed by atoms with Gasteiger partial charge in [-0.15, -0.1) is 0 Å². The Labute approximate surface area is 121 Å². The molecule has 0 heterocycles. The van der Waals surface area contributed by atoms with Gasteiger partial charge >= 0.3 is 0 Å². The summed E-state index contributed by atoms with van der Waals surface area (Å²) in [5.41, 5.74) is 7.14. The van der Waals surface area contributed by atoms with Gasteiger partial charge in [0.1, 0.15) is 6.49 Å². The lowest BCUT2D eigenvalue weighted by molar-refractivity contribution is 0.367. The predicted octanol–water partition coefficient (Wildman–Crippen LogP) is 3.01. The van der Waals surface area contributed by atoms with Crippen LogP contribution in [0.25, 0.3) is 0 Å². The number of hydrogen-bond donors (Lipinski definition) is 3. The number of nitrogens with one attached hydrogen (secondary N) is 2. The molecule has 4 aliphatic rings. The molecule has 4 bridgehead atoms. The lowest BCUT2D eigenvalue weighted by atomic mass is 9.95. The van der Waals surface area contributed by atoms with Gasteiger partial charge in [0.05, 0.1) is 0 Å². The van der Waals surface area contributed by atoms with E-state index in [0.717, 1.165) is 11.8 Å². The summed E-state index contributed by atoms with van der Waals surface area (Å²) in [6.07, 6.45) is 13.4. The largest absolute Gasteiger partial charge is 0.279 e. The second-order valence-electron chi connectivity index (χ2n) is 7.74. The van der Waals surface area contributed by atoms with Crippen LogP contribution in [-0.2, 0) is 11.8 Å². The summed E-state index contributed by atoms with van der Waals surface area (Å²) in [7, 11) is 0. The van der Waals surface area contributed by atoms with Crippen LogP contribution in [0.5, 0.6) is 0 Å². The highest BCUT2D eigenvalue weighted by molar-refractivity contribution is 8.11. The fraction of sp³-hybridized carbons (Fsp3) is 1.00. The summed E-state index contributed by atoms with van der Waals surface area (Å²) < 4.78 is 0. The first-order chi connectivity index (χ1) is 8.99. The number of fused-ring (bicyclic) bond motifs is 4. The maximum atomic E-state index is 6.54. The lowest BCUT2D eigenvalue weighted by Gasteiger charge is -2.39. The minimum absolute atomic E-state index is 0.301. The quantitative estimate of drug-likeness (QED) is 0.699. The average molecular weight is 299 g/mol. The van der Waals surface area contributed by atoms with E-state index in [2.05, 4.69) is 10.2 Å². The molecule has 0 saturated heterocycles. The van der Waals surface area contributed by atoms with Crippen LogP contribution in [0.15, 0.2) is 0 Å². The predicted molar refractivity (Wildman–Crippen MR) is 83.4 cm³/mol. The van der Waals surface area contributed by atoms with E-state index in [4.69, 9.17) is 17.3 Å². The van der Waals surface area contributed by atoms with Gasteiger partial charge in [-0.1, -0.05) is 0 Å². The van der Waals surface area contributed by atoms with Crippen LogP contribution in [0.4, 0.5) is 0 Å². The molecule has 0 amide bonds. The second-order valence-corrected chi connectivity index (χ2v) is 11.2. The molecule has 0 aromatic carbocycles. The van der Waals surface area contributed by atoms with E-state index in [0.29, 0.717) is 11.1 Å². The van der Waals surface area contributed by atoms with E-state index >= 15 is 0 Å². The average Bonchev–Trinajstić information content (AvgIpc) is 3.05. The van der Waals surface area contributed by atoms with Gasteiger partial charge in [-0.25, -0.2) is 0 Å². The van der Waals surface area contributed by atoms with Crippen molar-refractivity contribution in [3.8, 4) is 0 Å². The maximum absolute atomic E-state index is 6.54. The first-order valence-electron chi connectivity index (χ1n) is 7.96. The topological polar surface area (TPSA) is 50.1 Å². The molecule has 4 N–H and O–H groups in total. The minimum Gasteiger partial charge on any atom is -0.279 e. The zero-order chi connectivity index (χ0) is 13.1. The molecule has 0 spiro atoms. The Balaban J connectivity index is 1.46. The maximum Gasteiger partial charge on any atom is 0.135 e. The molecule has 0 radical (unpaired) electrons. The molecule has 0 unspecified atom stereocenters. The molecule has 4 saturated carbocycles. The number of hydrogen-bond acceptors (Lipinski definition) is 1. The highest BCUT2D eigenvalue weighted by Crippen LogP contribution is 2.54. The van der Waals surface area contributed by atoms with Crippen molar-refractivity contribution in [2.75, 3.05) is 0 Å². The van der Waals surface area contributed by atoms with E-state index in [-0.39, 0.29) is 0 Å². The van der Waals surface area contributed by atoms with Gasteiger partial charge in [0.2, 0.25) is 0 Å². The highest BCUT2D eigenvalue weighted by Gasteiger charge is 2.50. The van der Waals surface area contributed by atoms with Gasteiger partial charge in [0.15, 0.2) is 0 Å². The molecule has 0 aromatic rings. The van der Waals surface area contributed by atoms with Crippen molar-refractivity contribution in [3.63, 3.8) is 0 Å². The van der Waals surface area contributed by atoms with Crippen molar-refractivity contribution in [1.29, 1.82) is 0 Å². The number of nitrogens with two attached hydrogens (primary N) is 1. The Hall–Kier alpha value is 0.530. The zero-order valence-electron chi connectivity index (χ0n) is 11.7. The fourth-order valence-electron chi connectivity index (χ4n) is 5.43. The van der Waals surface area contributed by atoms with Crippen LogP contribution < -0.4 is 15.7 Å². The van der Waals surface area contributed by atoms with Gasteiger partial charge in [-0.2, -0.15) is 0 Å². The normalized spacial score (nSPS) is 50.8. The van der Waals surface area contributed by atoms with E-state index in [1.165, 1.54) is 64.2 Å². The lowest BCUT2D eigenvalue weighted by Crippen LogP contribution is -2.49. The Morgan fingerprint density at radius 3 is 1.47 bits per heavy atom. The molecule has 5 heteroatoms. The van der Waals surface area contributed by atoms with E-state index in [9.17, 15) is 0 Å². The highest BCUT2D eigenvalue weighted by atomic mass is 32.4. The first kappa shape index (κ1) is 13.2. The van der Waals surface area contributed by atoms with Crippen LogP contribution in [0, 0.1) is 11.8 Å². The molecular weight excluding hydrogens is 273 g/mol. The second kappa shape index (κ2) is 4.27. The van der Waals surface area contributed by atoms with Crippen molar-refractivity contribution in [3.05, 3.63) is 0 Å². The monoisotopic (exact) mass is 299 g/mol. The summed E-state index contributed by atoms with van der Waals surface area (Å²) in [6, 6.07) is 0. The molecule has 4 rings (SSSR count). The Kier molecular flexibility index (Phi) is 2.97. The van der Waals surface area contributed by atoms with Gasteiger partial charge in [-0.3, -0.25) is 15.7 Å². The van der Waals surface area contributed by atoms with Crippen molar-refractivity contribution >= 4 is 18.3 Å². The third kappa shape index (κ3) is 2.34. The van der Waals surface area contributed by atoms with E-state index in [1.807, 2.05) is 0 Å². The third-order valence-electron chi connectivity index (χ3n) is 6.29. The summed E-state index contributed by atoms with van der Waals surface area (Å²) in [4.78, 5) is 0. The van der Waals surface area contributed by atoms with Crippen LogP contribution in [0.1, 0.15) is 64.2 Å². The first-order valence-corrected chi connectivity index (χ1v) is 10.8. The Morgan fingerprint density at radius 2 is 1.21 bits per heavy atom.